The number of hydrogen-bond acceptors (Lipinski definition) is 4. The molecule has 9 aromatic carbocycles. The summed E-state index contributed by atoms with van der Waals surface area (Å²) >= 11 is 3.57. The van der Waals surface area contributed by atoms with Crippen LogP contribution in [0, 0.1) is 17.9 Å². The number of hydrogen-bond donors (Lipinski definition) is 0. The molecule has 4 aromatic heterocycles. The molecule has 286 valence electrons. The maximum atomic E-state index is 12.1. The van der Waals surface area contributed by atoms with E-state index in [0.717, 1.165) is 91.7 Å². The minimum absolute atomic E-state index is 0.484. The molecule has 0 radical (unpaired) electrons. The van der Waals surface area contributed by atoms with Gasteiger partial charge in [0.1, 0.15) is 17.2 Å². The van der Waals surface area contributed by atoms with E-state index < -0.39 is 0 Å². The van der Waals surface area contributed by atoms with Gasteiger partial charge in [0.05, 0.1) is 38.3 Å². The van der Waals surface area contributed by atoms with Crippen molar-refractivity contribution in [3.63, 3.8) is 0 Å². The van der Waals surface area contributed by atoms with Gasteiger partial charge < -0.3 is 8.98 Å². The topological polar surface area (TPSA) is 46.2 Å². The highest BCUT2D eigenvalue weighted by Crippen LogP contribution is 2.56. The van der Waals surface area contributed by atoms with E-state index in [1.165, 1.54) is 20.2 Å². The fourth-order valence-corrected chi connectivity index (χ4v) is 12.4. The van der Waals surface area contributed by atoms with Crippen molar-refractivity contribution in [1.29, 1.82) is 5.26 Å². The summed E-state index contributed by atoms with van der Waals surface area (Å²) in [5.74, 6) is 0. The van der Waals surface area contributed by atoms with Crippen LogP contribution in [0.1, 0.15) is 5.56 Å². The van der Waals surface area contributed by atoms with Gasteiger partial charge in [-0.15, -0.1) is 22.7 Å². The number of aromatic nitrogens is 1. The molecule has 4 heterocycles. The summed E-state index contributed by atoms with van der Waals surface area (Å²) in [6, 6.07) is 63.6. The van der Waals surface area contributed by atoms with Crippen molar-refractivity contribution in [3.8, 4) is 45.1 Å². The minimum Gasteiger partial charge on any atom is -0.456 e. The van der Waals surface area contributed by atoms with Gasteiger partial charge in [0.15, 0.2) is 0 Å². The highest BCUT2D eigenvalue weighted by molar-refractivity contribution is 7.27. The standard InChI is InChI=1S/C56H29N3OS2/c1-58-51-47(32-15-4-2-5-16-32)50(41-22-14-24-44-49(41)40-21-8-11-23-43(40)60-44)42(31-57)52(48(51)33-17-6-3-7-18-33)59-53-36(27-29-38-34-19-9-12-25-45(34)61-55(38)53)37-28-30-39-35-20-10-13-26-46(35)62-56(39)54(37)59/h2-30H. The Hall–Kier alpha value is -8.00. The van der Waals surface area contributed by atoms with Gasteiger partial charge in [0.25, 0.3) is 0 Å². The molecule has 4 nitrogen and oxygen atoms in total. The number of nitriles is 1. The number of fused-ring (bicyclic) bond motifs is 14. The predicted octanol–water partition coefficient (Wildman–Crippen LogP) is 16.8. The second kappa shape index (κ2) is 13.3. The quantitative estimate of drug-likeness (QED) is 0.166. The minimum atomic E-state index is 0.484. The molecule has 0 unspecified atom stereocenters. The van der Waals surface area contributed by atoms with Crippen LogP contribution in [-0.2, 0) is 0 Å². The van der Waals surface area contributed by atoms with Crippen LogP contribution in [0.3, 0.4) is 0 Å². The summed E-state index contributed by atoms with van der Waals surface area (Å²) < 4.78 is 13.6. The van der Waals surface area contributed by atoms with Crippen molar-refractivity contribution in [2.24, 2.45) is 0 Å². The van der Waals surface area contributed by atoms with E-state index >= 15 is 0 Å². The predicted molar refractivity (Wildman–Crippen MR) is 261 cm³/mol. The van der Waals surface area contributed by atoms with Gasteiger partial charge >= 0.3 is 0 Å². The second-order valence-electron chi connectivity index (χ2n) is 15.6. The third kappa shape index (κ3) is 4.74. The van der Waals surface area contributed by atoms with Gasteiger partial charge in [-0.3, -0.25) is 0 Å². The van der Waals surface area contributed by atoms with E-state index in [-0.39, 0.29) is 0 Å². The number of para-hydroxylation sites is 1. The lowest BCUT2D eigenvalue weighted by molar-refractivity contribution is 0.669. The van der Waals surface area contributed by atoms with E-state index in [1.807, 2.05) is 66.7 Å². The Bertz CT molecular complexity index is 3990. The zero-order valence-corrected chi connectivity index (χ0v) is 34.4. The van der Waals surface area contributed by atoms with E-state index in [9.17, 15) is 11.8 Å². The van der Waals surface area contributed by atoms with E-state index in [0.29, 0.717) is 22.5 Å². The Balaban J connectivity index is 1.35. The number of benzene rings is 9. The largest absolute Gasteiger partial charge is 0.456 e. The first-order chi connectivity index (χ1) is 30.7. The fraction of sp³-hybridized carbons (Fsp3) is 0. The molecule has 0 atom stereocenters. The van der Waals surface area contributed by atoms with Crippen molar-refractivity contribution < 1.29 is 4.42 Å². The zero-order chi connectivity index (χ0) is 41.1. The molecular weight excluding hydrogens is 795 g/mol. The molecule has 0 saturated heterocycles. The van der Waals surface area contributed by atoms with Crippen LogP contribution >= 0.6 is 22.7 Å². The molecule has 0 aliphatic carbocycles. The first-order valence-corrected chi connectivity index (χ1v) is 22.1. The van der Waals surface area contributed by atoms with Crippen LogP contribution in [0.5, 0.6) is 0 Å². The average molecular weight is 824 g/mol. The summed E-state index contributed by atoms with van der Waals surface area (Å²) in [6.45, 7) is 9.25. The van der Waals surface area contributed by atoms with Gasteiger partial charge in [-0.05, 0) is 52.1 Å². The molecule has 0 aliphatic rings. The Morgan fingerprint density at radius 2 is 1.00 bits per heavy atom. The summed E-state index contributed by atoms with van der Waals surface area (Å²) in [5, 5.41) is 20.9. The van der Waals surface area contributed by atoms with Crippen LogP contribution in [-0.4, -0.2) is 4.57 Å². The smallest absolute Gasteiger partial charge is 0.205 e. The molecule has 6 heteroatoms. The van der Waals surface area contributed by atoms with E-state index in [4.69, 9.17) is 4.42 Å². The lowest BCUT2D eigenvalue weighted by Crippen LogP contribution is -2.05. The van der Waals surface area contributed by atoms with Crippen molar-refractivity contribution in [2.45, 2.75) is 0 Å². The number of rotatable bonds is 4. The SMILES string of the molecule is [C-]#[N+]c1c(-c2ccccc2)c(-c2cccc3oc4ccccc4c23)c(C#N)c(-n2c3c(ccc4c5ccccc5sc43)c3ccc4c5ccccc5sc4c32)c1-c1ccccc1. The van der Waals surface area contributed by atoms with Crippen LogP contribution in [0.2, 0.25) is 0 Å². The molecule has 0 saturated carbocycles. The molecule has 0 N–H and O–H groups in total. The maximum absolute atomic E-state index is 12.1. The third-order valence-corrected chi connectivity index (χ3v) is 14.9. The first-order valence-electron chi connectivity index (χ1n) is 20.4. The van der Waals surface area contributed by atoms with Gasteiger partial charge in [0.2, 0.25) is 5.69 Å². The van der Waals surface area contributed by atoms with Crippen LogP contribution < -0.4 is 0 Å². The molecular formula is C56H29N3OS2. The zero-order valence-electron chi connectivity index (χ0n) is 32.8. The van der Waals surface area contributed by atoms with E-state index in [2.05, 4.69) is 125 Å². The highest BCUT2D eigenvalue weighted by Gasteiger charge is 2.32. The third-order valence-electron chi connectivity index (χ3n) is 12.5. The molecule has 0 aliphatic heterocycles. The van der Waals surface area contributed by atoms with Crippen molar-refractivity contribution in [2.75, 3.05) is 0 Å². The highest BCUT2D eigenvalue weighted by atomic mass is 32.1. The maximum Gasteiger partial charge on any atom is 0.205 e. The summed E-state index contributed by atoms with van der Waals surface area (Å²) in [4.78, 5) is 4.55. The molecule has 0 spiro atoms. The molecule has 13 rings (SSSR count). The summed E-state index contributed by atoms with van der Waals surface area (Å²) in [6.07, 6.45) is 0. The van der Waals surface area contributed by atoms with Gasteiger partial charge in [-0.2, -0.15) is 5.26 Å². The Labute approximate surface area is 362 Å². The Kier molecular flexibility index (Phi) is 7.44. The monoisotopic (exact) mass is 823 g/mol. The van der Waals surface area contributed by atoms with Crippen LogP contribution in [0.4, 0.5) is 5.69 Å². The number of furan rings is 1. The normalized spacial score (nSPS) is 11.8. The second-order valence-corrected chi connectivity index (χ2v) is 17.7. The summed E-state index contributed by atoms with van der Waals surface area (Å²) in [5.41, 5.74) is 9.92. The Morgan fingerprint density at radius 3 is 1.60 bits per heavy atom. The lowest BCUT2D eigenvalue weighted by atomic mass is 9.82. The lowest BCUT2D eigenvalue weighted by Gasteiger charge is -2.25. The van der Waals surface area contributed by atoms with Crippen molar-refractivity contribution in [1.82, 2.24) is 4.57 Å². The molecule has 13 aromatic rings. The number of thiophene rings is 2. The van der Waals surface area contributed by atoms with Crippen LogP contribution in [0.15, 0.2) is 180 Å². The number of nitrogens with zero attached hydrogens (tertiary/aromatic N) is 3. The Morgan fingerprint density at radius 1 is 0.484 bits per heavy atom. The summed E-state index contributed by atoms with van der Waals surface area (Å²) in [7, 11) is 0. The van der Waals surface area contributed by atoms with E-state index in [1.54, 1.807) is 22.7 Å². The molecule has 62 heavy (non-hydrogen) atoms. The average Bonchev–Trinajstić information content (AvgIpc) is 4.10. The first kappa shape index (κ1) is 34.8. The van der Waals surface area contributed by atoms with Crippen LogP contribution in [0.25, 0.3) is 128 Å². The molecule has 0 fully saturated rings. The fourth-order valence-electron chi connectivity index (χ4n) is 9.95. The van der Waals surface area contributed by atoms with Gasteiger partial charge in [-0.1, -0.05) is 152 Å². The van der Waals surface area contributed by atoms with Crippen molar-refractivity contribution >= 4 is 112 Å². The molecule has 0 amide bonds. The van der Waals surface area contributed by atoms with Gasteiger partial charge in [-0.25, -0.2) is 4.85 Å². The molecule has 0 bridgehead atoms. The van der Waals surface area contributed by atoms with Crippen molar-refractivity contribution in [3.05, 3.63) is 193 Å². The van der Waals surface area contributed by atoms with Gasteiger partial charge in [0, 0.05) is 58.1 Å².